The van der Waals surface area contributed by atoms with Crippen molar-refractivity contribution in [3.05, 3.63) is 42.0 Å². The Morgan fingerprint density at radius 3 is 2.88 bits per heavy atom. The Hall–Kier alpha value is -2.30. The minimum atomic E-state index is -0.249. The Morgan fingerprint density at radius 2 is 2.19 bits per heavy atom. The van der Waals surface area contributed by atoms with Gasteiger partial charge in [0, 0.05) is 37.2 Å². The quantitative estimate of drug-likeness (QED) is 0.551. The first-order valence-corrected chi connectivity index (χ1v) is 9.18. The number of hydrogen-bond donors (Lipinski definition) is 0. The number of carbonyl (C=O) groups is 2. The van der Waals surface area contributed by atoms with Crippen LogP contribution in [0.5, 0.6) is 5.75 Å². The molecule has 1 aliphatic carbocycles. The highest BCUT2D eigenvalue weighted by Crippen LogP contribution is 2.53. The van der Waals surface area contributed by atoms with Crippen LogP contribution in [0.1, 0.15) is 49.7 Å². The van der Waals surface area contributed by atoms with E-state index in [2.05, 4.69) is 18.7 Å². The van der Waals surface area contributed by atoms with Gasteiger partial charge in [-0.2, -0.15) is 0 Å². The maximum Gasteiger partial charge on any atom is 0.305 e. The summed E-state index contributed by atoms with van der Waals surface area (Å²) in [6.07, 6.45) is 5.19. The molecule has 26 heavy (non-hydrogen) atoms. The third kappa shape index (κ3) is 3.62. The van der Waals surface area contributed by atoms with Crippen molar-refractivity contribution in [2.75, 3.05) is 7.11 Å². The fourth-order valence-electron chi connectivity index (χ4n) is 4.33. The van der Waals surface area contributed by atoms with Gasteiger partial charge in [0.15, 0.2) is 0 Å². The largest absolute Gasteiger partial charge is 0.489 e. The molecule has 0 spiro atoms. The van der Waals surface area contributed by atoms with Crippen LogP contribution in [-0.2, 0) is 25.5 Å². The average molecular weight is 358 g/mol. The van der Waals surface area contributed by atoms with Crippen molar-refractivity contribution >= 4 is 11.9 Å². The number of aryl methyl sites for hydroxylation is 1. The summed E-state index contributed by atoms with van der Waals surface area (Å²) in [6, 6.07) is 6.21. The smallest absolute Gasteiger partial charge is 0.305 e. The van der Waals surface area contributed by atoms with Crippen molar-refractivity contribution in [1.82, 2.24) is 0 Å². The summed E-state index contributed by atoms with van der Waals surface area (Å²) in [5.74, 6) is 0.912. The molecule has 1 saturated carbocycles. The average Bonchev–Trinajstić information content (AvgIpc) is 3.12. The first-order chi connectivity index (χ1) is 12.5. The van der Waals surface area contributed by atoms with Crippen molar-refractivity contribution in [2.24, 2.45) is 5.92 Å². The Bertz CT molecular complexity index is 696. The van der Waals surface area contributed by atoms with E-state index in [0.29, 0.717) is 12.8 Å². The summed E-state index contributed by atoms with van der Waals surface area (Å²) in [7, 11) is 1.41. The molecule has 1 fully saturated rings. The molecule has 2 aliphatic rings. The number of allylic oxidation sites excluding steroid dienone is 1. The second-order valence-corrected chi connectivity index (χ2v) is 7.02. The zero-order valence-corrected chi connectivity index (χ0v) is 15.4. The van der Waals surface area contributed by atoms with Crippen molar-refractivity contribution in [3.8, 4) is 5.75 Å². The molecule has 1 unspecified atom stereocenters. The number of rotatable bonds is 7. The summed E-state index contributed by atoms with van der Waals surface area (Å²) >= 11 is 0. The lowest BCUT2D eigenvalue weighted by molar-refractivity contribution is -0.148. The topological polar surface area (TPSA) is 61.8 Å². The molecule has 1 heterocycles. The summed E-state index contributed by atoms with van der Waals surface area (Å²) in [4.78, 5) is 22.8. The van der Waals surface area contributed by atoms with Crippen molar-refractivity contribution in [1.29, 1.82) is 0 Å². The van der Waals surface area contributed by atoms with Crippen LogP contribution < -0.4 is 4.74 Å². The minimum absolute atomic E-state index is 0.0288. The third-order valence-electron chi connectivity index (χ3n) is 5.37. The van der Waals surface area contributed by atoms with Crippen LogP contribution in [0.3, 0.4) is 0 Å². The van der Waals surface area contributed by atoms with Crippen LogP contribution in [0.4, 0.5) is 0 Å². The van der Waals surface area contributed by atoms with Crippen molar-refractivity contribution < 1.29 is 23.8 Å². The van der Waals surface area contributed by atoms with Crippen LogP contribution >= 0.6 is 0 Å². The van der Waals surface area contributed by atoms with Gasteiger partial charge in [-0.1, -0.05) is 24.3 Å². The predicted octanol–water partition coefficient (Wildman–Crippen LogP) is 3.55. The normalized spacial score (nSPS) is 25.8. The Kier molecular flexibility index (Phi) is 5.64. The van der Waals surface area contributed by atoms with Gasteiger partial charge in [0.1, 0.15) is 18.0 Å². The van der Waals surface area contributed by atoms with Crippen LogP contribution in [0.25, 0.3) is 0 Å². The van der Waals surface area contributed by atoms with Gasteiger partial charge < -0.3 is 14.2 Å². The van der Waals surface area contributed by atoms with Crippen LogP contribution in [0.2, 0.25) is 0 Å². The van der Waals surface area contributed by atoms with E-state index in [1.165, 1.54) is 19.6 Å². The van der Waals surface area contributed by atoms with Crippen molar-refractivity contribution in [3.63, 3.8) is 0 Å². The number of benzene rings is 1. The molecular weight excluding hydrogens is 332 g/mol. The maximum absolute atomic E-state index is 11.4. The number of methoxy groups -OCH3 is 1. The van der Waals surface area contributed by atoms with E-state index >= 15 is 0 Å². The second-order valence-electron chi connectivity index (χ2n) is 7.02. The summed E-state index contributed by atoms with van der Waals surface area (Å²) in [5.41, 5.74) is 2.31. The number of fused-ring (bicyclic) bond motifs is 3. The molecule has 1 aromatic carbocycles. The standard InChI is InChI=1S/C21H26O5/c1-4-7-15-17(25-13(2)22)12-18-20(15)16-10-5-8-14(21(16)26-18)9-6-11-19(23)24-3/h4-5,8,10,15,17-18,20H,1,6-7,9,11-12H2,2-3H3/t15-,17+,18-,20?/m0/s1. The van der Waals surface area contributed by atoms with Gasteiger partial charge in [-0.15, -0.1) is 6.58 Å². The minimum Gasteiger partial charge on any atom is -0.489 e. The number of ether oxygens (including phenoxy) is 3. The van der Waals surface area contributed by atoms with E-state index in [1.54, 1.807) is 0 Å². The molecule has 5 nitrogen and oxygen atoms in total. The lowest BCUT2D eigenvalue weighted by Gasteiger charge is -2.22. The summed E-state index contributed by atoms with van der Waals surface area (Å²) < 4.78 is 16.5. The van der Waals surface area contributed by atoms with Gasteiger partial charge >= 0.3 is 11.9 Å². The number of hydrogen-bond acceptors (Lipinski definition) is 5. The van der Waals surface area contributed by atoms with Gasteiger partial charge in [0.2, 0.25) is 0 Å². The molecule has 5 heteroatoms. The van der Waals surface area contributed by atoms with E-state index in [4.69, 9.17) is 14.2 Å². The van der Waals surface area contributed by atoms with Crippen LogP contribution in [0.15, 0.2) is 30.9 Å². The van der Waals surface area contributed by atoms with E-state index < -0.39 is 0 Å². The lowest BCUT2D eigenvalue weighted by Crippen LogP contribution is -2.23. The SMILES string of the molecule is C=CC[C@@H]1C2c3cccc(CCCC(=O)OC)c3O[C@H]2C[C@H]1OC(C)=O. The molecule has 140 valence electrons. The predicted molar refractivity (Wildman–Crippen MR) is 97.0 cm³/mol. The molecule has 0 bridgehead atoms. The van der Waals surface area contributed by atoms with Gasteiger partial charge in [0.25, 0.3) is 0 Å². The highest BCUT2D eigenvalue weighted by Gasteiger charge is 2.51. The molecule has 0 N–H and O–H groups in total. The highest BCUT2D eigenvalue weighted by molar-refractivity contribution is 5.69. The Labute approximate surface area is 154 Å². The van der Waals surface area contributed by atoms with E-state index in [0.717, 1.165) is 30.6 Å². The number of carbonyl (C=O) groups excluding carboxylic acids is 2. The molecule has 3 rings (SSSR count). The van der Waals surface area contributed by atoms with Gasteiger partial charge in [0.05, 0.1) is 7.11 Å². The summed E-state index contributed by atoms with van der Waals surface area (Å²) in [5, 5.41) is 0. The molecule has 0 amide bonds. The monoisotopic (exact) mass is 358 g/mol. The van der Waals surface area contributed by atoms with E-state index in [-0.39, 0.29) is 36.0 Å². The Morgan fingerprint density at radius 1 is 1.38 bits per heavy atom. The highest BCUT2D eigenvalue weighted by atomic mass is 16.5. The fraction of sp³-hybridized carbons (Fsp3) is 0.524. The summed E-state index contributed by atoms with van der Waals surface area (Å²) in [6.45, 7) is 5.32. The van der Waals surface area contributed by atoms with Crippen molar-refractivity contribution in [2.45, 2.75) is 57.2 Å². The van der Waals surface area contributed by atoms with Gasteiger partial charge in [-0.05, 0) is 24.8 Å². The van der Waals surface area contributed by atoms with Crippen LogP contribution in [-0.4, -0.2) is 31.3 Å². The fourth-order valence-corrected chi connectivity index (χ4v) is 4.33. The molecule has 0 aromatic heterocycles. The first-order valence-electron chi connectivity index (χ1n) is 9.18. The first kappa shape index (κ1) is 18.5. The molecule has 1 aromatic rings. The van der Waals surface area contributed by atoms with Crippen LogP contribution in [0, 0.1) is 5.92 Å². The zero-order valence-electron chi connectivity index (χ0n) is 15.4. The molecular formula is C21H26O5. The van der Waals surface area contributed by atoms with E-state index in [1.807, 2.05) is 12.1 Å². The van der Waals surface area contributed by atoms with Gasteiger partial charge in [-0.25, -0.2) is 0 Å². The number of para-hydroxylation sites is 1. The molecule has 4 atom stereocenters. The third-order valence-corrected chi connectivity index (χ3v) is 5.37. The Balaban J connectivity index is 1.78. The molecule has 0 radical (unpaired) electrons. The molecule has 1 aliphatic heterocycles. The van der Waals surface area contributed by atoms with Gasteiger partial charge in [-0.3, -0.25) is 9.59 Å². The second kappa shape index (κ2) is 7.94. The van der Waals surface area contributed by atoms with E-state index in [9.17, 15) is 9.59 Å². The molecule has 0 saturated heterocycles. The lowest BCUT2D eigenvalue weighted by atomic mass is 9.85. The maximum atomic E-state index is 11.4. The number of esters is 2. The zero-order chi connectivity index (χ0) is 18.7.